The summed E-state index contributed by atoms with van der Waals surface area (Å²) in [6.45, 7) is 14.8. The molecule has 0 aromatic carbocycles. The summed E-state index contributed by atoms with van der Waals surface area (Å²) in [6, 6.07) is 0.857. The molecule has 0 amide bonds. The molecule has 0 bridgehead atoms. The molecule has 1 heterocycles. The van der Waals surface area contributed by atoms with Crippen LogP contribution in [0.25, 0.3) is 0 Å². The van der Waals surface area contributed by atoms with Crippen LogP contribution in [0.4, 0.5) is 0 Å². The number of aliphatic hydroxyl groups is 4. The first-order valence-electron chi connectivity index (χ1n) is 9.50. The van der Waals surface area contributed by atoms with E-state index in [2.05, 4.69) is 45.8 Å². The fraction of sp³-hybridized carbons (Fsp3) is 1.00. The lowest BCUT2D eigenvalue weighted by molar-refractivity contribution is -0.301. The predicted octanol–water partition coefficient (Wildman–Crippen LogP) is 0.968. The molecule has 1 aliphatic heterocycles. The lowest BCUT2D eigenvalue weighted by atomic mass is 9.99. The molecule has 0 spiro atoms. The van der Waals surface area contributed by atoms with Crippen LogP contribution in [-0.4, -0.2) is 89.5 Å². The lowest BCUT2D eigenvalue weighted by Gasteiger charge is -2.40. The largest absolute Gasteiger partial charge is 0.437 e. The van der Waals surface area contributed by atoms with E-state index in [9.17, 15) is 20.4 Å². The van der Waals surface area contributed by atoms with Crippen LogP contribution in [0.5, 0.6) is 0 Å². The highest BCUT2D eigenvalue weighted by molar-refractivity contribution is 6.87. The van der Waals surface area contributed by atoms with Crippen molar-refractivity contribution in [3.63, 3.8) is 0 Å². The summed E-state index contributed by atoms with van der Waals surface area (Å²) >= 11 is 0. The summed E-state index contributed by atoms with van der Waals surface area (Å²) in [6.07, 6.45) is -5.46. The molecule has 8 nitrogen and oxygen atoms in total. The van der Waals surface area contributed by atoms with Crippen LogP contribution < -0.4 is 0 Å². The maximum absolute atomic E-state index is 9.98. The topological polar surface area (TPSA) is 118 Å². The van der Waals surface area contributed by atoms with Gasteiger partial charge in [0.15, 0.2) is 22.9 Å². The molecule has 5 unspecified atom stereocenters. The zero-order valence-corrected chi connectivity index (χ0v) is 20.6. The molecular weight excluding hydrogens is 404 g/mol. The monoisotopic (exact) mass is 442 g/mol. The summed E-state index contributed by atoms with van der Waals surface area (Å²) in [4.78, 5) is 0. The van der Waals surface area contributed by atoms with Crippen molar-refractivity contribution in [2.75, 3.05) is 13.2 Å². The molecule has 11 heteroatoms. The Kier molecular flexibility index (Phi) is 9.29. The minimum Gasteiger partial charge on any atom is -0.437 e. The highest BCUT2D eigenvalue weighted by atomic mass is 28.5. The number of aliphatic hydroxyl groups excluding tert-OH is 4. The van der Waals surface area contributed by atoms with Gasteiger partial charge in [0.25, 0.3) is 0 Å². The molecule has 0 saturated carbocycles. The lowest BCUT2D eigenvalue weighted by Crippen LogP contribution is -2.59. The molecule has 0 aromatic rings. The molecule has 27 heavy (non-hydrogen) atoms. The number of hydrogen-bond acceptors (Lipinski definition) is 8. The fourth-order valence-electron chi connectivity index (χ4n) is 3.38. The predicted molar refractivity (Wildman–Crippen MR) is 110 cm³/mol. The Morgan fingerprint density at radius 2 is 1.44 bits per heavy atom. The van der Waals surface area contributed by atoms with Crippen LogP contribution in [0.1, 0.15) is 6.42 Å². The third-order valence-electron chi connectivity index (χ3n) is 4.13. The van der Waals surface area contributed by atoms with E-state index < -0.39 is 62.5 Å². The maximum atomic E-state index is 9.98. The van der Waals surface area contributed by atoms with Gasteiger partial charge in [-0.2, -0.15) is 0 Å². The van der Waals surface area contributed by atoms with Crippen molar-refractivity contribution in [1.82, 2.24) is 0 Å². The SMILES string of the molecule is C[Si](C)(C)O[Si](C)(C)O[Si](C)(C)CCCOC1OC(CO)C(O)C(O)C1O. The molecule has 4 N–H and O–H groups in total. The van der Waals surface area contributed by atoms with E-state index in [1.54, 1.807) is 0 Å². The first-order chi connectivity index (χ1) is 12.2. The van der Waals surface area contributed by atoms with Gasteiger partial charge in [0.2, 0.25) is 0 Å². The van der Waals surface area contributed by atoms with Gasteiger partial charge < -0.3 is 38.1 Å². The second kappa shape index (κ2) is 9.89. The van der Waals surface area contributed by atoms with E-state index in [1.807, 2.05) is 0 Å². The van der Waals surface area contributed by atoms with Gasteiger partial charge >= 0.3 is 8.56 Å². The molecule has 0 aliphatic carbocycles. The van der Waals surface area contributed by atoms with Crippen LogP contribution >= 0.6 is 0 Å². The normalized spacial score (nSPS) is 30.6. The second-order valence-electron chi connectivity index (χ2n) is 9.15. The van der Waals surface area contributed by atoms with Gasteiger partial charge in [0.05, 0.1) is 6.61 Å². The van der Waals surface area contributed by atoms with Gasteiger partial charge in [-0.25, -0.2) is 0 Å². The number of hydrogen-bond donors (Lipinski definition) is 4. The van der Waals surface area contributed by atoms with Crippen molar-refractivity contribution in [3.05, 3.63) is 0 Å². The second-order valence-corrected chi connectivity index (χ2v) is 21.8. The number of ether oxygens (including phenoxy) is 2. The van der Waals surface area contributed by atoms with E-state index in [1.165, 1.54) is 0 Å². The van der Waals surface area contributed by atoms with Crippen molar-refractivity contribution in [3.8, 4) is 0 Å². The van der Waals surface area contributed by atoms with Gasteiger partial charge in [-0.3, -0.25) is 0 Å². The Morgan fingerprint density at radius 3 is 1.96 bits per heavy atom. The molecule has 1 saturated heterocycles. The Balaban J connectivity index is 2.45. The molecule has 0 radical (unpaired) electrons. The summed E-state index contributed by atoms with van der Waals surface area (Å²) in [7, 11) is -5.78. The van der Waals surface area contributed by atoms with Crippen LogP contribution in [0.3, 0.4) is 0 Å². The van der Waals surface area contributed by atoms with Gasteiger partial charge in [-0.05, 0) is 58.3 Å². The van der Waals surface area contributed by atoms with E-state index >= 15 is 0 Å². The zero-order chi connectivity index (χ0) is 21.0. The summed E-state index contributed by atoms with van der Waals surface area (Å²) in [5, 5.41) is 38.7. The Labute approximate surface area is 165 Å². The van der Waals surface area contributed by atoms with E-state index in [4.69, 9.17) is 17.7 Å². The van der Waals surface area contributed by atoms with Crippen molar-refractivity contribution >= 4 is 25.2 Å². The standard InChI is InChI=1S/C16H38O8Si3/c1-25(2,3)23-27(6,7)24-26(4,5)10-8-9-21-16-15(20)14(19)13(18)12(11-17)22-16/h12-20H,8-11H2,1-7H3. The van der Waals surface area contributed by atoms with Gasteiger partial charge in [0.1, 0.15) is 24.4 Å². The van der Waals surface area contributed by atoms with Crippen LogP contribution in [0.15, 0.2) is 0 Å². The van der Waals surface area contributed by atoms with Crippen molar-refractivity contribution < 1.29 is 38.1 Å². The molecule has 0 aromatic heterocycles. The van der Waals surface area contributed by atoms with Gasteiger partial charge in [0, 0.05) is 6.61 Å². The minimum atomic E-state index is -2.18. The third-order valence-corrected chi connectivity index (χ3v) is 14.3. The minimum absolute atomic E-state index is 0.319. The van der Waals surface area contributed by atoms with E-state index in [-0.39, 0.29) is 0 Å². The molecule has 162 valence electrons. The molecule has 5 atom stereocenters. The first-order valence-corrected chi connectivity index (χ1v) is 18.8. The Morgan fingerprint density at radius 1 is 0.852 bits per heavy atom. The van der Waals surface area contributed by atoms with Crippen LogP contribution in [0.2, 0.25) is 51.9 Å². The Bertz CT molecular complexity index is 455. The zero-order valence-electron chi connectivity index (χ0n) is 17.6. The van der Waals surface area contributed by atoms with Gasteiger partial charge in [-0.15, -0.1) is 0 Å². The molecule has 1 rings (SSSR count). The molecule has 1 aliphatic rings. The van der Waals surface area contributed by atoms with Crippen molar-refractivity contribution in [2.24, 2.45) is 0 Å². The highest BCUT2D eigenvalue weighted by Crippen LogP contribution is 2.25. The highest BCUT2D eigenvalue weighted by Gasteiger charge is 2.44. The summed E-state index contributed by atoms with van der Waals surface area (Å²) in [5.41, 5.74) is 0. The van der Waals surface area contributed by atoms with Crippen LogP contribution in [0, 0.1) is 0 Å². The van der Waals surface area contributed by atoms with E-state index in [0.29, 0.717) is 13.0 Å². The summed E-state index contributed by atoms with van der Waals surface area (Å²) < 4.78 is 23.6. The smallest absolute Gasteiger partial charge is 0.311 e. The van der Waals surface area contributed by atoms with E-state index in [0.717, 1.165) is 6.04 Å². The van der Waals surface area contributed by atoms with Crippen LogP contribution in [-0.2, 0) is 17.7 Å². The third kappa shape index (κ3) is 8.70. The maximum Gasteiger partial charge on any atom is 0.311 e. The van der Waals surface area contributed by atoms with Crippen molar-refractivity contribution in [2.45, 2.75) is 89.0 Å². The number of rotatable bonds is 10. The Hall–Kier alpha value is 0.331. The molecular formula is C16H38O8Si3. The van der Waals surface area contributed by atoms with Gasteiger partial charge in [-0.1, -0.05) is 0 Å². The first kappa shape index (κ1) is 25.4. The average molecular weight is 443 g/mol. The average Bonchev–Trinajstić information content (AvgIpc) is 2.47. The summed E-state index contributed by atoms with van der Waals surface area (Å²) in [5.74, 6) is 0. The fourth-order valence-corrected chi connectivity index (χ4v) is 16.5. The van der Waals surface area contributed by atoms with Crippen molar-refractivity contribution in [1.29, 1.82) is 0 Å². The molecule has 1 fully saturated rings. The quantitative estimate of drug-likeness (QED) is 0.292.